The molecule has 2 unspecified atom stereocenters. The maximum atomic E-state index is 12.9. The van der Waals surface area contributed by atoms with Gasteiger partial charge in [0.25, 0.3) is 0 Å². The van der Waals surface area contributed by atoms with E-state index in [9.17, 15) is 4.79 Å². The quantitative estimate of drug-likeness (QED) is 0.658. The number of aromatic nitrogens is 2. The van der Waals surface area contributed by atoms with Gasteiger partial charge < -0.3 is 0 Å². The highest BCUT2D eigenvalue weighted by atomic mass is 35.5. The summed E-state index contributed by atoms with van der Waals surface area (Å²) >= 11 is 6.80. The summed E-state index contributed by atoms with van der Waals surface area (Å²) in [4.78, 5) is 21.3. The summed E-state index contributed by atoms with van der Waals surface area (Å²) in [6.07, 6.45) is 6.15. The molecular weight excluding hydrogens is 312 g/mol. The predicted molar refractivity (Wildman–Crippen MR) is 89.0 cm³/mol. The van der Waals surface area contributed by atoms with Crippen LogP contribution in [0.4, 0.5) is 5.95 Å². The van der Waals surface area contributed by atoms with Gasteiger partial charge >= 0.3 is 0 Å². The molecule has 0 radical (unpaired) electrons. The van der Waals surface area contributed by atoms with E-state index >= 15 is 0 Å². The van der Waals surface area contributed by atoms with E-state index in [-0.39, 0.29) is 16.2 Å². The zero-order valence-corrected chi connectivity index (χ0v) is 14.4. The molecule has 4 aliphatic carbocycles. The summed E-state index contributed by atoms with van der Waals surface area (Å²) in [5.41, 5.74) is 7.20. The Balaban J connectivity index is 1.49. The first-order valence-corrected chi connectivity index (χ1v) is 8.81. The van der Waals surface area contributed by atoms with Crippen LogP contribution >= 0.6 is 11.6 Å². The highest BCUT2D eigenvalue weighted by Crippen LogP contribution is 2.63. The lowest BCUT2D eigenvalue weighted by atomic mass is 9.49. The van der Waals surface area contributed by atoms with E-state index in [2.05, 4.69) is 20.8 Å². The summed E-state index contributed by atoms with van der Waals surface area (Å²) in [5, 5.41) is 0. The molecule has 4 saturated carbocycles. The first kappa shape index (κ1) is 15.2. The molecule has 1 heterocycles. The van der Waals surface area contributed by atoms with E-state index in [1.54, 1.807) is 0 Å². The summed E-state index contributed by atoms with van der Waals surface area (Å²) in [6.45, 7) is 3.83. The molecule has 0 aliphatic heterocycles. The Morgan fingerprint density at radius 1 is 1.17 bits per heavy atom. The molecule has 23 heavy (non-hydrogen) atoms. The van der Waals surface area contributed by atoms with Crippen molar-refractivity contribution in [2.45, 2.75) is 57.2 Å². The van der Waals surface area contributed by atoms with Crippen molar-refractivity contribution in [3.63, 3.8) is 0 Å². The van der Waals surface area contributed by atoms with Gasteiger partial charge in [-0.3, -0.25) is 15.6 Å². The second-order valence-electron chi connectivity index (χ2n) is 7.95. The van der Waals surface area contributed by atoms with Crippen LogP contribution in [0.25, 0.3) is 0 Å². The average Bonchev–Trinajstić information content (AvgIpc) is 2.41. The van der Waals surface area contributed by atoms with Gasteiger partial charge in [0.1, 0.15) is 0 Å². The number of hydrogen-bond acceptors (Lipinski definition) is 4. The molecular formula is C17H23ClN4O. The summed E-state index contributed by atoms with van der Waals surface area (Å²) < 4.78 is 0. The molecule has 5 nitrogen and oxygen atoms in total. The fraction of sp³-hybridized carbons (Fsp3) is 0.706. The smallest absolute Gasteiger partial charge is 0.244 e. The lowest BCUT2D eigenvalue weighted by Crippen LogP contribution is -2.59. The molecule has 4 aliphatic rings. The second kappa shape index (κ2) is 5.07. The number of rotatable bonds is 3. The average molecular weight is 335 g/mol. The highest BCUT2D eigenvalue weighted by Gasteiger charge is 2.60. The monoisotopic (exact) mass is 334 g/mol. The summed E-state index contributed by atoms with van der Waals surface area (Å²) in [7, 11) is 0. The lowest BCUT2D eigenvalue weighted by Gasteiger charge is -2.59. The van der Waals surface area contributed by atoms with Crippen molar-refractivity contribution in [2.24, 2.45) is 17.3 Å². The predicted octanol–water partition coefficient (Wildman–Crippen LogP) is 3.11. The first-order chi connectivity index (χ1) is 10.9. The number of halogens is 1. The molecule has 0 saturated heterocycles. The van der Waals surface area contributed by atoms with Crippen molar-refractivity contribution < 1.29 is 4.79 Å². The van der Waals surface area contributed by atoms with Crippen LogP contribution in [0.15, 0.2) is 6.07 Å². The Labute approximate surface area is 141 Å². The molecule has 1 aromatic rings. The van der Waals surface area contributed by atoms with E-state index < -0.39 is 0 Å². The van der Waals surface area contributed by atoms with Crippen LogP contribution in [0.5, 0.6) is 0 Å². The van der Waals surface area contributed by atoms with Crippen molar-refractivity contribution in [3.8, 4) is 0 Å². The number of carbonyl (C=O) groups excluding carboxylic acids is 1. The van der Waals surface area contributed by atoms with Crippen LogP contribution < -0.4 is 10.9 Å². The fourth-order valence-corrected chi connectivity index (χ4v) is 6.14. The Kier molecular flexibility index (Phi) is 3.34. The van der Waals surface area contributed by atoms with Crippen LogP contribution in [-0.2, 0) is 4.79 Å². The molecule has 0 aromatic carbocycles. The normalized spacial score (nSPS) is 37.7. The topological polar surface area (TPSA) is 66.9 Å². The third-order valence-electron chi connectivity index (χ3n) is 5.74. The minimum atomic E-state index is -0.308. The molecule has 6 heteroatoms. The Hall–Kier alpha value is -1.36. The maximum absolute atomic E-state index is 12.9. The highest BCUT2D eigenvalue weighted by molar-refractivity contribution is 6.24. The molecule has 2 N–H and O–H groups in total. The Morgan fingerprint density at radius 3 is 2.35 bits per heavy atom. The first-order valence-electron chi connectivity index (χ1n) is 8.44. The number of aryl methyl sites for hydroxylation is 2. The van der Waals surface area contributed by atoms with Crippen molar-refractivity contribution in [1.82, 2.24) is 15.4 Å². The SMILES string of the molecule is Cc1cc(C)nc(NNC(=O)C23CC4CC(CC(Cl)(C4)C2)C3)n1. The maximum Gasteiger partial charge on any atom is 0.244 e. The van der Waals surface area contributed by atoms with Gasteiger partial charge in [-0.25, -0.2) is 9.97 Å². The number of nitrogens with one attached hydrogen (secondary N) is 2. The van der Waals surface area contributed by atoms with Crippen LogP contribution in [0.1, 0.15) is 49.9 Å². The minimum absolute atomic E-state index is 0.0550. The van der Waals surface area contributed by atoms with E-state index in [1.165, 1.54) is 6.42 Å². The van der Waals surface area contributed by atoms with E-state index in [1.807, 2.05) is 19.9 Å². The third kappa shape index (κ3) is 2.69. The number of amides is 1. The molecule has 1 amide bonds. The number of nitrogens with zero attached hydrogens (tertiary/aromatic N) is 2. The van der Waals surface area contributed by atoms with Gasteiger partial charge in [-0.2, -0.15) is 0 Å². The van der Waals surface area contributed by atoms with E-state index in [0.29, 0.717) is 17.8 Å². The van der Waals surface area contributed by atoms with Crippen molar-refractivity contribution in [2.75, 3.05) is 5.43 Å². The van der Waals surface area contributed by atoms with Crippen LogP contribution in [0.2, 0.25) is 0 Å². The van der Waals surface area contributed by atoms with Crippen LogP contribution in [0, 0.1) is 31.1 Å². The fourth-order valence-electron chi connectivity index (χ4n) is 5.44. The van der Waals surface area contributed by atoms with Gasteiger partial charge in [0.2, 0.25) is 11.9 Å². The van der Waals surface area contributed by atoms with Crippen LogP contribution in [0.3, 0.4) is 0 Å². The number of carbonyl (C=O) groups is 1. The summed E-state index contributed by atoms with van der Waals surface area (Å²) in [5.74, 6) is 1.72. The van der Waals surface area contributed by atoms with Gasteiger partial charge in [0.15, 0.2) is 0 Å². The van der Waals surface area contributed by atoms with Crippen molar-refractivity contribution >= 4 is 23.5 Å². The molecule has 124 valence electrons. The molecule has 2 atom stereocenters. The van der Waals surface area contributed by atoms with Crippen molar-refractivity contribution in [1.29, 1.82) is 0 Å². The van der Waals surface area contributed by atoms with E-state index in [4.69, 9.17) is 11.6 Å². The Bertz CT molecular complexity index is 628. The summed E-state index contributed by atoms with van der Waals surface area (Å²) in [6, 6.07) is 1.91. The third-order valence-corrected chi connectivity index (χ3v) is 6.18. The lowest BCUT2D eigenvalue weighted by molar-refractivity contribution is -0.144. The number of alkyl halides is 1. The molecule has 4 fully saturated rings. The van der Waals surface area contributed by atoms with E-state index in [0.717, 1.165) is 43.5 Å². The number of hydrazine groups is 1. The zero-order valence-electron chi connectivity index (χ0n) is 13.7. The van der Waals surface area contributed by atoms with Gasteiger partial charge in [-0.1, -0.05) is 0 Å². The molecule has 1 aromatic heterocycles. The standard InChI is InChI=1S/C17H23ClN4O/c1-10-3-11(2)20-15(19-10)22-21-14(23)16-5-12-4-13(6-16)8-17(18,7-12)9-16/h3,12-13H,4-9H2,1-2H3,(H,21,23)(H,19,20,22). The number of anilines is 1. The van der Waals surface area contributed by atoms with Crippen LogP contribution in [-0.4, -0.2) is 20.7 Å². The Morgan fingerprint density at radius 2 is 1.78 bits per heavy atom. The zero-order chi connectivity index (χ0) is 16.2. The minimum Gasteiger partial charge on any atom is -0.273 e. The van der Waals surface area contributed by atoms with Gasteiger partial charge in [0.05, 0.1) is 5.41 Å². The second-order valence-corrected chi connectivity index (χ2v) is 8.75. The van der Waals surface area contributed by atoms with Gasteiger partial charge in [0, 0.05) is 16.3 Å². The van der Waals surface area contributed by atoms with Crippen molar-refractivity contribution in [3.05, 3.63) is 17.5 Å². The van der Waals surface area contributed by atoms with Gasteiger partial charge in [-0.15, -0.1) is 11.6 Å². The largest absolute Gasteiger partial charge is 0.273 e. The molecule has 0 spiro atoms. The van der Waals surface area contributed by atoms with Gasteiger partial charge in [-0.05, 0) is 70.3 Å². The molecule has 4 bridgehead atoms. The molecule has 5 rings (SSSR count). The number of hydrogen-bond donors (Lipinski definition) is 2.